The van der Waals surface area contributed by atoms with Gasteiger partial charge in [-0.1, -0.05) is 6.92 Å². The fourth-order valence-corrected chi connectivity index (χ4v) is 0.890. The summed E-state index contributed by atoms with van der Waals surface area (Å²) in [6.07, 6.45) is 1.74. The molecule has 2 amide bonds. The minimum absolute atomic E-state index is 0.0237. The molecule has 88 valence electrons. The van der Waals surface area contributed by atoms with Crippen LogP contribution in [0.2, 0.25) is 0 Å². The molecule has 0 heterocycles. The van der Waals surface area contributed by atoms with Crippen molar-refractivity contribution in [1.82, 2.24) is 10.6 Å². The molecular formula is C10H20N2O3. The van der Waals surface area contributed by atoms with Gasteiger partial charge in [0, 0.05) is 20.0 Å². The van der Waals surface area contributed by atoms with E-state index in [0.29, 0.717) is 19.4 Å². The first kappa shape index (κ1) is 13.7. The molecule has 0 saturated carbocycles. The van der Waals surface area contributed by atoms with Crippen molar-refractivity contribution in [3.63, 3.8) is 0 Å². The highest BCUT2D eigenvalue weighted by Crippen LogP contribution is 2.00. The number of rotatable bonds is 6. The molecular weight excluding hydrogens is 196 g/mol. The highest BCUT2D eigenvalue weighted by molar-refractivity contribution is 5.73. The zero-order valence-electron chi connectivity index (χ0n) is 9.63. The third-order valence-corrected chi connectivity index (χ3v) is 1.98. The molecule has 5 nitrogen and oxygen atoms in total. The van der Waals surface area contributed by atoms with Gasteiger partial charge in [0.1, 0.15) is 0 Å². The molecule has 0 aromatic heterocycles. The highest BCUT2D eigenvalue weighted by Gasteiger charge is 2.07. The molecule has 0 aromatic carbocycles. The maximum Gasteiger partial charge on any atom is 0.314 e. The normalized spacial score (nSPS) is 11.7. The van der Waals surface area contributed by atoms with Gasteiger partial charge in [-0.25, -0.2) is 4.79 Å². The Labute approximate surface area is 90.6 Å². The van der Waals surface area contributed by atoms with Crippen molar-refractivity contribution in [2.45, 2.75) is 39.2 Å². The van der Waals surface area contributed by atoms with Gasteiger partial charge in [-0.15, -0.1) is 0 Å². The second-order valence-electron chi connectivity index (χ2n) is 3.32. The Morgan fingerprint density at radius 3 is 2.60 bits per heavy atom. The number of hydrogen-bond donors (Lipinski definition) is 2. The van der Waals surface area contributed by atoms with Crippen LogP contribution in [0.1, 0.15) is 33.1 Å². The number of esters is 1. The number of amides is 2. The SMILES string of the molecule is CCC(C)OC(=O)CCCNC(=O)NC. The summed E-state index contributed by atoms with van der Waals surface area (Å²) in [6, 6.07) is -0.231. The van der Waals surface area contributed by atoms with Gasteiger partial charge in [-0.2, -0.15) is 0 Å². The lowest BCUT2D eigenvalue weighted by Gasteiger charge is -2.10. The minimum Gasteiger partial charge on any atom is -0.463 e. The average Bonchev–Trinajstić information content (AvgIpc) is 2.23. The van der Waals surface area contributed by atoms with Gasteiger partial charge in [0.2, 0.25) is 0 Å². The summed E-state index contributed by atoms with van der Waals surface area (Å²) in [7, 11) is 1.55. The summed E-state index contributed by atoms with van der Waals surface area (Å²) in [5, 5.41) is 5.03. The first-order valence-electron chi connectivity index (χ1n) is 5.25. The monoisotopic (exact) mass is 216 g/mol. The van der Waals surface area contributed by atoms with E-state index in [9.17, 15) is 9.59 Å². The summed E-state index contributed by atoms with van der Waals surface area (Å²) in [4.78, 5) is 21.9. The smallest absolute Gasteiger partial charge is 0.314 e. The maximum absolute atomic E-state index is 11.2. The Morgan fingerprint density at radius 1 is 1.40 bits per heavy atom. The van der Waals surface area contributed by atoms with E-state index < -0.39 is 0 Å². The molecule has 0 aromatic rings. The van der Waals surface area contributed by atoms with Gasteiger partial charge < -0.3 is 15.4 Å². The molecule has 0 radical (unpaired) electrons. The van der Waals surface area contributed by atoms with Crippen LogP contribution in [0.15, 0.2) is 0 Å². The van der Waals surface area contributed by atoms with Crippen molar-refractivity contribution in [2.24, 2.45) is 0 Å². The van der Waals surface area contributed by atoms with Crippen LogP contribution in [0.25, 0.3) is 0 Å². The van der Waals surface area contributed by atoms with Crippen LogP contribution >= 0.6 is 0 Å². The molecule has 5 heteroatoms. The van der Waals surface area contributed by atoms with Crippen molar-refractivity contribution in [3.8, 4) is 0 Å². The lowest BCUT2D eigenvalue weighted by Crippen LogP contribution is -2.33. The second-order valence-corrected chi connectivity index (χ2v) is 3.32. The molecule has 0 aliphatic carbocycles. The fourth-order valence-electron chi connectivity index (χ4n) is 0.890. The molecule has 15 heavy (non-hydrogen) atoms. The lowest BCUT2D eigenvalue weighted by atomic mass is 10.3. The molecule has 0 fully saturated rings. The van der Waals surface area contributed by atoms with E-state index in [4.69, 9.17) is 4.74 Å². The van der Waals surface area contributed by atoms with Crippen LogP contribution in [-0.4, -0.2) is 31.7 Å². The molecule has 0 aliphatic heterocycles. The van der Waals surface area contributed by atoms with E-state index in [1.165, 1.54) is 0 Å². The fraction of sp³-hybridized carbons (Fsp3) is 0.800. The summed E-state index contributed by atoms with van der Waals surface area (Å²) >= 11 is 0. The van der Waals surface area contributed by atoms with Crippen LogP contribution < -0.4 is 10.6 Å². The van der Waals surface area contributed by atoms with Gasteiger partial charge >= 0.3 is 12.0 Å². The van der Waals surface area contributed by atoms with E-state index in [2.05, 4.69) is 10.6 Å². The predicted octanol–water partition coefficient (Wildman–Crippen LogP) is 1.04. The molecule has 0 saturated heterocycles. The van der Waals surface area contributed by atoms with Gasteiger partial charge in [0.05, 0.1) is 6.10 Å². The largest absolute Gasteiger partial charge is 0.463 e. The second kappa shape index (κ2) is 8.08. The maximum atomic E-state index is 11.2. The van der Waals surface area contributed by atoms with Crippen LogP contribution in [-0.2, 0) is 9.53 Å². The molecule has 0 spiro atoms. The van der Waals surface area contributed by atoms with Crippen molar-refractivity contribution < 1.29 is 14.3 Å². The molecule has 0 bridgehead atoms. The van der Waals surface area contributed by atoms with E-state index in [0.717, 1.165) is 6.42 Å². The number of carbonyl (C=O) groups is 2. The Morgan fingerprint density at radius 2 is 2.07 bits per heavy atom. The molecule has 1 atom stereocenters. The van der Waals surface area contributed by atoms with Gasteiger partial charge in [-0.05, 0) is 19.8 Å². The lowest BCUT2D eigenvalue weighted by molar-refractivity contribution is -0.148. The first-order valence-corrected chi connectivity index (χ1v) is 5.25. The topological polar surface area (TPSA) is 67.4 Å². The number of nitrogens with one attached hydrogen (secondary N) is 2. The van der Waals surface area contributed by atoms with Gasteiger partial charge in [-0.3, -0.25) is 4.79 Å². The van der Waals surface area contributed by atoms with Crippen LogP contribution in [0.5, 0.6) is 0 Å². The van der Waals surface area contributed by atoms with E-state index in [1.807, 2.05) is 13.8 Å². The summed E-state index contributed by atoms with van der Waals surface area (Å²) in [5.74, 6) is -0.206. The van der Waals surface area contributed by atoms with E-state index in [-0.39, 0.29) is 18.1 Å². The van der Waals surface area contributed by atoms with Crippen molar-refractivity contribution in [1.29, 1.82) is 0 Å². The van der Waals surface area contributed by atoms with Crippen LogP contribution in [0.3, 0.4) is 0 Å². The minimum atomic E-state index is -0.231. The number of hydrogen-bond acceptors (Lipinski definition) is 3. The molecule has 0 rings (SSSR count). The predicted molar refractivity (Wildman–Crippen MR) is 57.5 cm³/mol. The third kappa shape index (κ3) is 7.78. The zero-order chi connectivity index (χ0) is 11.7. The van der Waals surface area contributed by atoms with Crippen LogP contribution in [0, 0.1) is 0 Å². The highest BCUT2D eigenvalue weighted by atomic mass is 16.5. The Bertz CT molecular complexity index is 207. The van der Waals surface area contributed by atoms with E-state index in [1.54, 1.807) is 7.05 Å². The van der Waals surface area contributed by atoms with Crippen LogP contribution in [0.4, 0.5) is 4.79 Å². The average molecular weight is 216 g/mol. The molecule has 2 N–H and O–H groups in total. The number of ether oxygens (including phenoxy) is 1. The summed E-state index contributed by atoms with van der Waals surface area (Å²) in [5.41, 5.74) is 0. The van der Waals surface area contributed by atoms with E-state index >= 15 is 0 Å². The quantitative estimate of drug-likeness (QED) is 0.515. The summed E-state index contributed by atoms with van der Waals surface area (Å²) in [6.45, 7) is 4.31. The van der Waals surface area contributed by atoms with Gasteiger partial charge in [0.15, 0.2) is 0 Å². The zero-order valence-corrected chi connectivity index (χ0v) is 9.63. The third-order valence-electron chi connectivity index (χ3n) is 1.98. The van der Waals surface area contributed by atoms with Crippen molar-refractivity contribution in [2.75, 3.05) is 13.6 Å². The molecule has 0 aliphatic rings. The van der Waals surface area contributed by atoms with Gasteiger partial charge in [0.25, 0.3) is 0 Å². The molecule has 1 unspecified atom stereocenters. The number of urea groups is 1. The Kier molecular flexibility index (Phi) is 7.40. The Hall–Kier alpha value is -1.26. The first-order chi connectivity index (χ1) is 7.10. The summed E-state index contributed by atoms with van der Waals surface area (Å²) < 4.78 is 5.07. The van der Waals surface area contributed by atoms with Crippen molar-refractivity contribution >= 4 is 12.0 Å². The number of carbonyl (C=O) groups excluding carboxylic acids is 2. The van der Waals surface area contributed by atoms with Crippen molar-refractivity contribution in [3.05, 3.63) is 0 Å². The Balaban J connectivity index is 3.43. The standard InChI is InChI=1S/C10H20N2O3/c1-4-8(2)15-9(13)6-5-7-12-10(14)11-3/h8H,4-7H2,1-3H3,(H2,11,12,14).